The number of hydrogen-bond acceptors (Lipinski definition) is 7. The summed E-state index contributed by atoms with van der Waals surface area (Å²) < 4.78 is 30.3. The van der Waals surface area contributed by atoms with Crippen LogP contribution in [0.3, 0.4) is 0 Å². The minimum Gasteiger partial charge on any atom is -0.444 e. The van der Waals surface area contributed by atoms with Gasteiger partial charge in [-0.05, 0) is 62.5 Å². The molecule has 6 aliphatic rings. The van der Waals surface area contributed by atoms with Gasteiger partial charge in [0.15, 0.2) is 15.7 Å². The lowest BCUT2D eigenvalue weighted by Crippen LogP contribution is -2.48. The summed E-state index contributed by atoms with van der Waals surface area (Å²) in [7, 11) is -2.93. The average Bonchev–Trinajstić information content (AvgIpc) is 3.52. The number of nitrogens with zero attached hydrogens (tertiary/aromatic N) is 3. The van der Waals surface area contributed by atoms with Crippen LogP contribution >= 0.6 is 0 Å². The second-order valence-electron chi connectivity index (χ2n) is 12.1. The number of hydrogen-bond donors (Lipinski definition) is 1. The molecule has 1 N–H and O–H groups in total. The van der Waals surface area contributed by atoms with E-state index < -0.39 is 15.4 Å². The van der Waals surface area contributed by atoms with Crippen LogP contribution < -0.4 is 10.2 Å². The highest BCUT2D eigenvalue weighted by molar-refractivity contribution is 7.91. The maximum absolute atomic E-state index is 13.4. The molecule has 2 atom stereocenters. The van der Waals surface area contributed by atoms with Crippen LogP contribution in [0.15, 0.2) is 28.7 Å². The first kappa shape index (κ1) is 24.2. The lowest BCUT2D eigenvalue weighted by atomic mass is 9.48. The van der Waals surface area contributed by atoms with Crippen LogP contribution in [0.4, 0.5) is 5.69 Å². The van der Waals surface area contributed by atoms with Crippen molar-refractivity contribution in [2.24, 2.45) is 17.8 Å². The van der Waals surface area contributed by atoms with Gasteiger partial charge in [0.05, 0.1) is 17.6 Å². The summed E-state index contributed by atoms with van der Waals surface area (Å²) in [6.45, 7) is 1.02. The molecule has 0 radical (unpaired) electrons. The van der Waals surface area contributed by atoms with Crippen molar-refractivity contribution in [3.05, 3.63) is 35.9 Å². The van der Waals surface area contributed by atoms with Crippen LogP contribution in [0.1, 0.15) is 74.9 Å². The first-order valence-electron chi connectivity index (χ1n) is 14.1. The molecule has 6 fully saturated rings. The quantitative estimate of drug-likeness (QED) is 0.592. The van der Waals surface area contributed by atoms with Crippen LogP contribution in [0, 0.1) is 29.1 Å². The van der Waals surface area contributed by atoms with E-state index in [9.17, 15) is 18.5 Å². The lowest BCUT2D eigenvalue weighted by molar-refractivity contribution is -0.127. The average molecular weight is 535 g/mol. The van der Waals surface area contributed by atoms with Crippen molar-refractivity contribution in [3.63, 3.8) is 0 Å². The van der Waals surface area contributed by atoms with E-state index in [4.69, 9.17) is 9.40 Å². The molecule has 5 aliphatic carbocycles. The molecule has 2 bridgehead atoms. The van der Waals surface area contributed by atoms with Gasteiger partial charge in [-0.1, -0.05) is 25.0 Å². The molecule has 1 saturated heterocycles. The molecule has 1 aromatic heterocycles. The second kappa shape index (κ2) is 8.84. The van der Waals surface area contributed by atoms with E-state index in [0.717, 1.165) is 67.1 Å². The Morgan fingerprint density at radius 1 is 1.08 bits per heavy atom. The van der Waals surface area contributed by atoms with Crippen molar-refractivity contribution in [2.45, 2.75) is 68.7 Å². The standard InChI is InChI=1S/C29H34N4O4S/c30-17-29(9-10-29)32-27(34)23-4-2-1-3-22(23)26-25(31-28(37-26)24-19-15-20(24)16-19)18-5-7-21(8-6-18)33-11-13-38(35,36)14-12-33/h5-8,19-20,22-24H,1-4,9-16H2,(H,32,34). The topological polar surface area (TPSA) is 116 Å². The predicted molar refractivity (Wildman–Crippen MR) is 142 cm³/mol. The van der Waals surface area contributed by atoms with Crippen molar-refractivity contribution in [1.29, 1.82) is 5.26 Å². The Labute approximate surface area is 223 Å². The molecule has 8 rings (SSSR count). The molecule has 8 nitrogen and oxygen atoms in total. The van der Waals surface area contributed by atoms with E-state index in [2.05, 4.69) is 28.4 Å². The van der Waals surface area contributed by atoms with Crippen molar-refractivity contribution < 1.29 is 17.6 Å². The van der Waals surface area contributed by atoms with E-state index in [-0.39, 0.29) is 29.2 Å². The predicted octanol–water partition coefficient (Wildman–Crippen LogP) is 4.15. The van der Waals surface area contributed by atoms with Gasteiger partial charge in [-0.15, -0.1) is 0 Å². The van der Waals surface area contributed by atoms with Crippen LogP contribution in [0.2, 0.25) is 0 Å². The van der Waals surface area contributed by atoms with Gasteiger partial charge in [0.1, 0.15) is 17.0 Å². The molecule has 200 valence electrons. The summed E-state index contributed by atoms with van der Waals surface area (Å²) in [4.78, 5) is 20.6. The zero-order valence-corrected chi connectivity index (χ0v) is 22.4. The van der Waals surface area contributed by atoms with Crippen LogP contribution in [0.25, 0.3) is 11.3 Å². The highest BCUT2D eigenvalue weighted by Gasteiger charge is 2.56. The number of benzene rings is 1. The number of rotatable bonds is 6. The van der Waals surface area contributed by atoms with Crippen molar-refractivity contribution in [1.82, 2.24) is 10.3 Å². The van der Waals surface area contributed by atoms with Gasteiger partial charge in [0, 0.05) is 42.1 Å². The molecule has 5 saturated carbocycles. The van der Waals surface area contributed by atoms with Crippen molar-refractivity contribution in [3.8, 4) is 17.3 Å². The second-order valence-corrected chi connectivity index (χ2v) is 14.5. The molecule has 9 heteroatoms. The van der Waals surface area contributed by atoms with E-state index in [1.165, 1.54) is 12.8 Å². The number of sulfone groups is 1. The zero-order chi connectivity index (χ0) is 26.1. The number of carbonyl (C=O) groups excluding carboxylic acids is 1. The Hall–Kier alpha value is -2.86. The zero-order valence-electron chi connectivity index (χ0n) is 21.6. The number of anilines is 1. The number of amides is 1. The lowest BCUT2D eigenvalue weighted by Gasteiger charge is -2.56. The van der Waals surface area contributed by atoms with E-state index in [1.54, 1.807) is 0 Å². The third-order valence-electron chi connectivity index (χ3n) is 9.80. The minimum absolute atomic E-state index is 0.0282. The summed E-state index contributed by atoms with van der Waals surface area (Å²) in [6.07, 6.45) is 7.69. The number of nitrogens with one attached hydrogen (secondary N) is 1. The molecule has 2 unspecified atom stereocenters. The summed E-state index contributed by atoms with van der Waals surface area (Å²) in [5, 5.41) is 12.6. The Morgan fingerprint density at radius 3 is 2.37 bits per heavy atom. The van der Waals surface area contributed by atoms with Gasteiger partial charge in [-0.3, -0.25) is 4.79 Å². The first-order chi connectivity index (χ1) is 18.3. The summed E-state index contributed by atoms with van der Waals surface area (Å²) in [6, 6.07) is 10.5. The molecule has 1 aliphatic heterocycles. The monoisotopic (exact) mass is 534 g/mol. The van der Waals surface area contributed by atoms with Gasteiger partial charge >= 0.3 is 0 Å². The van der Waals surface area contributed by atoms with Crippen LogP contribution in [-0.2, 0) is 14.6 Å². The molecule has 2 aromatic rings. The van der Waals surface area contributed by atoms with Gasteiger partial charge < -0.3 is 14.6 Å². The maximum Gasteiger partial charge on any atom is 0.225 e. The fourth-order valence-electron chi connectivity index (χ4n) is 6.92. The molecular weight excluding hydrogens is 500 g/mol. The normalized spacial score (nSPS) is 32.4. The van der Waals surface area contributed by atoms with E-state index in [1.807, 2.05) is 12.1 Å². The fraction of sp³-hybridized carbons (Fsp3) is 0.621. The Morgan fingerprint density at radius 2 is 1.76 bits per heavy atom. The van der Waals surface area contributed by atoms with Gasteiger partial charge in [-0.2, -0.15) is 5.26 Å². The molecule has 1 amide bonds. The number of nitriles is 1. The Bertz CT molecular complexity index is 1380. The SMILES string of the molecule is N#CC1(NC(=O)C2CCCCC2c2oc(C3C4CC3C4)nc2-c2ccc(N3CCS(=O)(=O)CC3)cc2)CC1. The molecular formula is C29H34N4O4S. The summed E-state index contributed by atoms with van der Waals surface area (Å²) in [5.74, 6) is 3.47. The summed E-state index contributed by atoms with van der Waals surface area (Å²) >= 11 is 0. The van der Waals surface area contributed by atoms with Gasteiger partial charge in [0.2, 0.25) is 5.91 Å². The van der Waals surface area contributed by atoms with Crippen LogP contribution in [0.5, 0.6) is 0 Å². The number of oxazole rings is 1. The van der Waals surface area contributed by atoms with Gasteiger partial charge in [-0.25, -0.2) is 13.4 Å². The highest BCUT2D eigenvalue weighted by Crippen LogP contribution is 2.64. The minimum atomic E-state index is -2.93. The highest BCUT2D eigenvalue weighted by atomic mass is 32.2. The van der Waals surface area contributed by atoms with E-state index in [0.29, 0.717) is 30.8 Å². The largest absolute Gasteiger partial charge is 0.444 e. The molecule has 38 heavy (non-hydrogen) atoms. The first-order valence-corrected chi connectivity index (χ1v) is 16.0. The smallest absolute Gasteiger partial charge is 0.225 e. The van der Waals surface area contributed by atoms with E-state index >= 15 is 0 Å². The molecule has 2 heterocycles. The molecule has 1 aromatic carbocycles. The van der Waals surface area contributed by atoms with Crippen molar-refractivity contribution in [2.75, 3.05) is 29.5 Å². The molecule has 0 spiro atoms. The summed E-state index contributed by atoms with van der Waals surface area (Å²) in [5.41, 5.74) is 2.14. The third-order valence-corrected chi connectivity index (χ3v) is 11.4. The number of aromatic nitrogens is 1. The third kappa shape index (κ3) is 4.12. The fourth-order valence-corrected chi connectivity index (χ4v) is 8.12. The number of carbonyl (C=O) groups is 1. The Balaban J connectivity index is 1.19. The maximum atomic E-state index is 13.4. The van der Waals surface area contributed by atoms with Gasteiger partial charge in [0.25, 0.3) is 0 Å². The van der Waals surface area contributed by atoms with Crippen LogP contribution in [-0.4, -0.2) is 49.4 Å². The van der Waals surface area contributed by atoms with Crippen molar-refractivity contribution >= 4 is 21.4 Å². The Kier molecular flexibility index (Phi) is 5.63.